The van der Waals surface area contributed by atoms with Gasteiger partial charge < -0.3 is 4.42 Å². The van der Waals surface area contributed by atoms with Gasteiger partial charge in [-0.3, -0.25) is 9.69 Å². The lowest BCUT2D eigenvalue weighted by atomic mass is 10.3. The summed E-state index contributed by atoms with van der Waals surface area (Å²) in [4.78, 5) is 14.2. The minimum atomic E-state index is -3.87. The first-order chi connectivity index (χ1) is 11.5. The third-order valence-corrected chi connectivity index (χ3v) is 5.66. The third-order valence-electron chi connectivity index (χ3n) is 3.26. The monoisotopic (exact) mass is 362 g/mol. The number of amidine groups is 1. The number of carbonyl (C=O) groups is 1. The Bertz CT molecular complexity index is 901. The average Bonchev–Trinajstić information content (AvgIpc) is 3.17. The standard InChI is InChI=1S/C16H14N2O4S2/c1-2-18-15(19)14(11-12-7-6-10-22-12)23-16(18)17-24(20,21)13-8-4-3-5-9-13/h3-11H,2H2,1H3/b14-11-,17-16+. The van der Waals surface area contributed by atoms with E-state index in [2.05, 4.69) is 4.40 Å². The Morgan fingerprint density at radius 1 is 1.21 bits per heavy atom. The molecule has 124 valence electrons. The minimum Gasteiger partial charge on any atom is -0.465 e. The number of hydrogen-bond acceptors (Lipinski definition) is 5. The van der Waals surface area contributed by atoms with Gasteiger partial charge in [0, 0.05) is 12.6 Å². The molecule has 1 fully saturated rings. The quantitative estimate of drug-likeness (QED) is 0.781. The highest BCUT2D eigenvalue weighted by Crippen LogP contribution is 2.33. The molecule has 2 heterocycles. The zero-order chi connectivity index (χ0) is 17.2. The van der Waals surface area contributed by atoms with E-state index in [0.717, 1.165) is 11.8 Å². The molecular formula is C16H14N2O4S2. The topological polar surface area (TPSA) is 80.0 Å². The molecule has 1 saturated heterocycles. The molecule has 6 nitrogen and oxygen atoms in total. The van der Waals surface area contributed by atoms with Crippen LogP contribution in [0.3, 0.4) is 0 Å². The molecule has 2 aromatic rings. The van der Waals surface area contributed by atoms with Gasteiger partial charge in [0.15, 0.2) is 5.17 Å². The largest absolute Gasteiger partial charge is 0.465 e. The predicted molar refractivity (Wildman–Crippen MR) is 92.7 cm³/mol. The van der Waals surface area contributed by atoms with E-state index < -0.39 is 10.0 Å². The second-order valence-corrected chi connectivity index (χ2v) is 7.45. The second-order valence-electron chi connectivity index (χ2n) is 4.84. The molecule has 1 aromatic carbocycles. The number of hydrogen-bond donors (Lipinski definition) is 0. The summed E-state index contributed by atoms with van der Waals surface area (Å²) in [7, 11) is -3.87. The van der Waals surface area contributed by atoms with Crippen LogP contribution in [-0.4, -0.2) is 30.9 Å². The Balaban J connectivity index is 1.97. The van der Waals surface area contributed by atoms with Crippen LogP contribution >= 0.6 is 11.8 Å². The molecule has 0 aliphatic carbocycles. The van der Waals surface area contributed by atoms with E-state index in [0.29, 0.717) is 17.2 Å². The molecule has 0 saturated carbocycles. The fraction of sp³-hybridized carbons (Fsp3) is 0.125. The molecule has 8 heteroatoms. The Labute approximate surface area is 143 Å². The molecule has 1 aromatic heterocycles. The van der Waals surface area contributed by atoms with E-state index in [-0.39, 0.29) is 16.0 Å². The number of rotatable bonds is 4. The molecule has 0 radical (unpaired) electrons. The zero-order valence-electron chi connectivity index (χ0n) is 12.7. The lowest BCUT2D eigenvalue weighted by molar-refractivity contribution is -0.122. The van der Waals surface area contributed by atoms with E-state index >= 15 is 0 Å². The molecule has 1 aliphatic rings. The van der Waals surface area contributed by atoms with Crippen molar-refractivity contribution in [3.63, 3.8) is 0 Å². The van der Waals surface area contributed by atoms with Crippen LogP contribution in [0.2, 0.25) is 0 Å². The first-order valence-electron chi connectivity index (χ1n) is 7.16. The van der Waals surface area contributed by atoms with Crippen molar-refractivity contribution in [1.82, 2.24) is 4.90 Å². The van der Waals surface area contributed by atoms with Gasteiger partial charge in [0.1, 0.15) is 5.76 Å². The number of amides is 1. The van der Waals surface area contributed by atoms with Crippen LogP contribution in [0.1, 0.15) is 12.7 Å². The number of furan rings is 1. The van der Waals surface area contributed by atoms with Crippen molar-refractivity contribution in [2.24, 2.45) is 4.40 Å². The molecule has 0 unspecified atom stereocenters. The summed E-state index contributed by atoms with van der Waals surface area (Å²) in [5, 5.41) is 0.143. The van der Waals surface area contributed by atoms with Crippen molar-refractivity contribution < 1.29 is 17.6 Å². The van der Waals surface area contributed by atoms with E-state index in [1.807, 2.05) is 0 Å². The van der Waals surface area contributed by atoms with Gasteiger partial charge in [-0.1, -0.05) is 18.2 Å². The van der Waals surface area contributed by atoms with Gasteiger partial charge in [-0.15, -0.1) is 4.40 Å². The Hall–Kier alpha value is -2.32. The summed E-state index contributed by atoms with van der Waals surface area (Å²) in [5.41, 5.74) is 0. The molecule has 1 aliphatic heterocycles. The van der Waals surface area contributed by atoms with Crippen molar-refractivity contribution >= 4 is 38.9 Å². The summed E-state index contributed by atoms with van der Waals surface area (Å²) < 4.78 is 33.9. The zero-order valence-corrected chi connectivity index (χ0v) is 14.4. The summed E-state index contributed by atoms with van der Waals surface area (Å²) in [6.45, 7) is 2.09. The van der Waals surface area contributed by atoms with E-state index in [4.69, 9.17) is 4.42 Å². The number of sulfonamides is 1. The van der Waals surface area contributed by atoms with E-state index in [1.54, 1.807) is 43.3 Å². The van der Waals surface area contributed by atoms with Crippen molar-refractivity contribution in [2.75, 3.05) is 6.54 Å². The van der Waals surface area contributed by atoms with Crippen molar-refractivity contribution in [3.05, 3.63) is 59.4 Å². The lowest BCUT2D eigenvalue weighted by Gasteiger charge is -2.11. The van der Waals surface area contributed by atoms with Gasteiger partial charge in [0.2, 0.25) is 0 Å². The van der Waals surface area contributed by atoms with Crippen LogP contribution in [0.5, 0.6) is 0 Å². The van der Waals surface area contributed by atoms with Crippen LogP contribution in [0.15, 0.2) is 67.3 Å². The smallest absolute Gasteiger partial charge is 0.284 e. The Kier molecular flexibility index (Phi) is 4.59. The summed E-state index contributed by atoms with van der Waals surface area (Å²) in [5.74, 6) is 0.231. The van der Waals surface area contributed by atoms with Crippen molar-refractivity contribution in [1.29, 1.82) is 0 Å². The highest BCUT2D eigenvalue weighted by molar-refractivity contribution is 8.19. The minimum absolute atomic E-state index is 0.0880. The maximum Gasteiger partial charge on any atom is 0.284 e. The SMILES string of the molecule is CCN1C(=O)/C(=C/c2ccco2)S/C1=N/S(=O)(=O)c1ccccc1. The third kappa shape index (κ3) is 3.29. The van der Waals surface area contributed by atoms with Crippen molar-refractivity contribution in [2.45, 2.75) is 11.8 Å². The molecule has 1 amide bonds. The van der Waals surface area contributed by atoms with Crippen LogP contribution < -0.4 is 0 Å². The van der Waals surface area contributed by atoms with Crippen LogP contribution in [0.25, 0.3) is 6.08 Å². The second kappa shape index (κ2) is 6.66. The van der Waals surface area contributed by atoms with Gasteiger partial charge >= 0.3 is 0 Å². The fourth-order valence-electron chi connectivity index (χ4n) is 2.11. The highest BCUT2D eigenvalue weighted by Gasteiger charge is 2.34. The molecular weight excluding hydrogens is 348 g/mol. The number of likely N-dealkylation sites (N-methyl/N-ethyl adjacent to an activating group) is 1. The summed E-state index contributed by atoms with van der Waals surface area (Å²) in [6, 6.07) is 11.3. The molecule has 24 heavy (non-hydrogen) atoms. The first kappa shape index (κ1) is 16.5. The van der Waals surface area contributed by atoms with Gasteiger partial charge in [-0.25, -0.2) is 0 Å². The fourth-order valence-corrected chi connectivity index (χ4v) is 4.35. The number of carbonyl (C=O) groups excluding carboxylic acids is 1. The number of benzene rings is 1. The predicted octanol–water partition coefficient (Wildman–Crippen LogP) is 2.96. The number of nitrogens with zero attached hydrogens (tertiary/aromatic N) is 2. The maximum absolute atomic E-state index is 12.4. The summed E-state index contributed by atoms with van der Waals surface area (Å²) >= 11 is 1.02. The maximum atomic E-state index is 12.4. The van der Waals surface area contributed by atoms with Gasteiger partial charge in [-0.2, -0.15) is 8.42 Å². The molecule has 0 spiro atoms. The van der Waals surface area contributed by atoms with Crippen LogP contribution in [-0.2, 0) is 14.8 Å². The molecule has 0 atom stereocenters. The van der Waals surface area contributed by atoms with Gasteiger partial charge in [0.25, 0.3) is 15.9 Å². The molecule has 0 bridgehead atoms. The Morgan fingerprint density at radius 3 is 2.58 bits per heavy atom. The highest BCUT2D eigenvalue weighted by atomic mass is 32.2. The van der Waals surface area contributed by atoms with Crippen LogP contribution in [0, 0.1) is 0 Å². The average molecular weight is 362 g/mol. The number of thioether (sulfide) groups is 1. The normalized spacial score (nSPS) is 18.7. The van der Waals surface area contributed by atoms with E-state index in [9.17, 15) is 13.2 Å². The van der Waals surface area contributed by atoms with Gasteiger partial charge in [-0.05, 0) is 43.0 Å². The van der Waals surface area contributed by atoms with Crippen molar-refractivity contribution in [3.8, 4) is 0 Å². The Morgan fingerprint density at radius 2 is 1.96 bits per heavy atom. The van der Waals surface area contributed by atoms with Crippen LogP contribution in [0.4, 0.5) is 0 Å². The van der Waals surface area contributed by atoms with E-state index in [1.165, 1.54) is 23.3 Å². The molecule has 3 rings (SSSR count). The summed E-state index contributed by atoms with van der Waals surface area (Å²) in [6.07, 6.45) is 3.08. The lowest BCUT2D eigenvalue weighted by Crippen LogP contribution is -2.29. The molecule has 0 N–H and O–H groups in total. The van der Waals surface area contributed by atoms with Gasteiger partial charge in [0.05, 0.1) is 16.1 Å². The first-order valence-corrected chi connectivity index (χ1v) is 9.42.